The summed E-state index contributed by atoms with van der Waals surface area (Å²) in [6, 6.07) is 47.5. The van der Waals surface area contributed by atoms with E-state index in [0.717, 1.165) is 66.3 Å². The van der Waals surface area contributed by atoms with Gasteiger partial charge in [0.1, 0.15) is 17.0 Å². The fourth-order valence-corrected chi connectivity index (χ4v) is 8.00. The third-order valence-corrected chi connectivity index (χ3v) is 10.5. The zero-order valence-corrected chi connectivity index (χ0v) is 29.1. The van der Waals surface area contributed by atoms with Crippen molar-refractivity contribution < 1.29 is 8.83 Å². The summed E-state index contributed by atoms with van der Waals surface area (Å²) in [5.41, 5.74) is 12.4. The highest BCUT2D eigenvalue weighted by atomic mass is 16.4. The van der Waals surface area contributed by atoms with Crippen LogP contribution in [0.25, 0.3) is 93.9 Å². The molecule has 0 amide bonds. The van der Waals surface area contributed by atoms with Gasteiger partial charge in [0, 0.05) is 21.5 Å². The van der Waals surface area contributed by atoms with Crippen LogP contribution in [-0.4, -0.2) is 9.55 Å². The Morgan fingerprint density at radius 1 is 0.510 bits per heavy atom. The average Bonchev–Trinajstić information content (AvgIpc) is 3.84. The van der Waals surface area contributed by atoms with Crippen molar-refractivity contribution in [3.8, 4) is 28.2 Å². The minimum absolute atomic E-state index is 0.260. The molecule has 10 aromatic rings. The Hall–Kier alpha value is -6.13. The lowest BCUT2D eigenvalue weighted by atomic mass is 9.88. The van der Waals surface area contributed by atoms with Gasteiger partial charge in [-0.1, -0.05) is 113 Å². The van der Waals surface area contributed by atoms with Gasteiger partial charge in [-0.2, -0.15) is 0 Å². The Kier molecular flexibility index (Phi) is 6.53. The van der Waals surface area contributed by atoms with Gasteiger partial charge in [-0.05, 0) is 93.4 Å². The van der Waals surface area contributed by atoms with Crippen LogP contribution >= 0.6 is 0 Å². The number of benzene rings is 7. The molecule has 246 valence electrons. The standard InChI is InChI=1S/C47H36N2O2/c1-27(2)38-23-32(29-13-6-5-7-14-29)24-39(28(3)4)43(38)49-41-26-31-16-9-8-15-30(31)25-40(41)48-47(49)37-19-12-18-34-36-22-21-35-33-17-10-11-20-42(33)50-45(35)46(36)51-44(34)37/h5-28H,1-4H3. The summed E-state index contributed by atoms with van der Waals surface area (Å²) in [4.78, 5) is 5.49. The predicted molar refractivity (Wildman–Crippen MR) is 212 cm³/mol. The Labute approximate surface area is 295 Å². The second kappa shape index (κ2) is 11.2. The van der Waals surface area contributed by atoms with Crippen molar-refractivity contribution in [2.45, 2.75) is 39.5 Å². The van der Waals surface area contributed by atoms with E-state index >= 15 is 0 Å². The molecule has 3 aromatic heterocycles. The molecule has 0 spiro atoms. The molecule has 4 nitrogen and oxygen atoms in total. The third-order valence-electron chi connectivity index (χ3n) is 10.5. The summed E-state index contributed by atoms with van der Waals surface area (Å²) in [5, 5.41) is 6.57. The van der Waals surface area contributed by atoms with Crippen molar-refractivity contribution in [2.24, 2.45) is 0 Å². The summed E-state index contributed by atoms with van der Waals surface area (Å²) < 4.78 is 15.8. The first-order chi connectivity index (χ1) is 24.9. The van der Waals surface area contributed by atoms with E-state index in [1.807, 2.05) is 12.1 Å². The van der Waals surface area contributed by atoms with E-state index in [1.165, 1.54) is 38.7 Å². The topological polar surface area (TPSA) is 44.1 Å². The fraction of sp³-hybridized carbons (Fsp3) is 0.128. The summed E-state index contributed by atoms with van der Waals surface area (Å²) in [6.45, 7) is 9.18. The largest absolute Gasteiger partial charge is 0.452 e. The highest BCUT2D eigenvalue weighted by Crippen LogP contribution is 2.45. The Balaban J connectivity index is 1.33. The van der Waals surface area contributed by atoms with Crippen LogP contribution in [0.3, 0.4) is 0 Å². The maximum atomic E-state index is 6.93. The molecule has 0 unspecified atom stereocenters. The van der Waals surface area contributed by atoms with E-state index in [4.69, 9.17) is 13.8 Å². The summed E-state index contributed by atoms with van der Waals surface area (Å²) in [6.07, 6.45) is 0. The molecule has 7 aromatic carbocycles. The molecule has 0 saturated carbocycles. The van der Waals surface area contributed by atoms with E-state index in [1.54, 1.807) is 0 Å². The molecule has 51 heavy (non-hydrogen) atoms. The van der Waals surface area contributed by atoms with E-state index in [-0.39, 0.29) is 11.8 Å². The van der Waals surface area contributed by atoms with Gasteiger partial charge in [0.2, 0.25) is 0 Å². The molecule has 4 heteroatoms. The molecular formula is C47H36N2O2. The van der Waals surface area contributed by atoms with Gasteiger partial charge in [-0.25, -0.2) is 4.98 Å². The van der Waals surface area contributed by atoms with Crippen LogP contribution < -0.4 is 0 Å². The first kappa shape index (κ1) is 29.8. The lowest BCUT2D eigenvalue weighted by molar-refractivity contribution is 0.633. The number of nitrogens with zero attached hydrogens (tertiary/aromatic N) is 2. The molecular weight excluding hydrogens is 625 g/mol. The lowest BCUT2D eigenvalue weighted by Gasteiger charge is -2.24. The predicted octanol–water partition coefficient (Wildman–Crippen LogP) is 13.6. The van der Waals surface area contributed by atoms with Crippen molar-refractivity contribution in [1.82, 2.24) is 9.55 Å². The second-order valence-corrected chi connectivity index (χ2v) is 14.3. The molecule has 0 aliphatic heterocycles. The van der Waals surface area contributed by atoms with Gasteiger partial charge in [-0.3, -0.25) is 4.57 Å². The van der Waals surface area contributed by atoms with Gasteiger partial charge in [0.25, 0.3) is 0 Å². The molecule has 0 aliphatic carbocycles. The zero-order chi connectivity index (χ0) is 34.4. The smallest absolute Gasteiger partial charge is 0.178 e. The number of hydrogen-bond donors (Lipinski definition) is 0. The summed E-state index contributed by atoms with van der Waals surface area (Å²) in [7, 11) is 0. The number of imidazole rings is 1. The van der Waals surface area contributed by atoms with E-state index in [2.05, 4.69) is 154 Å². The summed E-state index contributed by atoms with van der Waals surface area (Å²) >= 11 is 0. The molecule has 0 fully saturated rings. The van der Waals surface area contributed by atoms with E-state index < -0.39 is 0 Å². The van der Waals surface area contributed by atoms with Crippen molar-refractivity contribution in [3.63, 3.8) is 0 Å². The first-order valence-corrected chi connectivity index (χ1v) is 17.9. The lowest BCUT2D eigenvalue weighted by Crippen LogP contribution is -2.09. The number of fused-ring (bicyclic) bond motifs is 9. The SMILES string of the molecule is CC(C)c1cc(-c2ccccc2)cc(C(C)C)c1-n1c(-c2cccc3c2oc2c3ccc3c4ccccc4oc32)nc2cc3ccccc3cc21. The molecule has 0 saturated heterocycles. The average molecular weight is 661 g/mol. The minimum atomic E-state index is 0.260. The fourth-order valence-electron chi connectivity index (χ4n) is 8.00. The van der Waals surface area contributed by atoms with Crippen molar-refractivity contribution >= 4 is 65.7 Å². The van der Waals surface area contributed by atoms with Crippen molar-refractivity contribution in [1.29, 1.82) is 0 Å². The number of hydrogen-bond acceptors (Lipinski definition) is 3. The number of furan rings is 2. The van der Waals surface area contributed by atoms with E-state index in [0.29, 0.717) is 0 Å². The van der Waals surface area contributed by atoms with E-state index in [9.17, 15) is 0 Å². The highest BCUT2D eigenvalue weighted by Gasteiger charge is 2.26. The zero-order valence-electron chi connectivity index (χ0n) is 29.1. The summed E-state index contributed by atoms with van der Waals surface area (Å²) in [5.74, 6) is 1.38. The van der Waals surface area contributed by atoms with Crippen LogP contribution in [0.4, 0.5) is 0 Å². The van der Waals surface area contributed by atoms with Gasteiger partial charge in [0.05, 0.1) is 22.3 Å². The van der Waals surface area contributed by atoms with Crippen LogP contribution in [-0.2, 0) is 0 Å². The van der Waals surface area contributed by atoms with Crippen LogP contribution in [0.15, 0.2) is 142 Å². The third kappa shape index (κ3) is 4.49. The first-order valence-electron chi connectivity index (χ1n) is 17.9. The molecule has 0 N–H and O–H groups in total. The number of para-hydroxylation sites is 2. The van der Waals surface area contributed by atoms with Gasteiger partial charge in [-0.15, -0.1) is 0 Å². The number of aromatic nitrogens is 2. The van der Waals surface area contributed by atoms with Crippen LogP contribution in [0, 0.1) is 0 Å². The molecule has 0 bridgehead atoms. The van der Waals surface area contributed by atoms with Crippen LogP contribution in [0.5, 0.6) is 0 Å². The Bertz CT molecular complexity index is 2950. The quantitative estimate of drug-likeness (QED) is 0.184. The maximum Gasteiger partial charge on any atom is 0.178 e. The van der Waals surface area contributed by atoms with Gasteiger partial charge in [0.15, 0.2) is 11.2 Å². The van der Waals surface area contributed by atoms with Crippen LogP contribution in [0.2, 0.25) is 0 Å². The van der Waals surface area contributed by atoms with Crippen molar-refractivity contribution in [3.05, 3.63) is 145 Å². The number of rotatable bonds is 5. The second-order valence-electron chi connectivity index (χ2n) is 14.3. The Morgan fingerprint density at radius 2 is 1.12 bits per heavy atom. The monoisotopic (exact) mass is 660 g/mol. The Morgan fingerprint density at radius 3 is 1.86 bits per heavy atom. The minimum Gasteiger partial charge on any atom is -0.452 e. The maximum absolute atomic E-state index is 6.93. The molecule has 0 radical (unpaired) electrons. The van der Waals surface area contributed by atoms with Crippen LogP contribution in [0.1, 0.15) is 50.7 Å². The van der Waals surface area contributed by atoms with Crippen molar-refractivity contribution in [2.75, 3.05) is 0 Å². The molecule has 3 heterocycles. The molecule has 0 atom stereocenters. The van der Waals surface area contributed by atoms with Gasteiger partial charge < -0.3 is 8.83 Å². The normalized spacial score (nSPS) is 12.3. The molecule has 0 aliphatic rings. The highest BCUT2D eigenvalue weighted by molar-refractivity contribution is 6.20. The molecule has 10 rings (SSSR count). The van der Waals surface area contributed by atoms with Gasteiger partial charge >= 0.3 is 0 Å².